The van der Waals surface area contributed by atoms with Gasteiger partial charge in [0.05, 0.1) is 4.88 Å². The highest BCUT2D eigenvalue weighted by Gasteiger charge is 2.15. The molecule has 2 heterocycles. The van der Waals surface area contributed by atoms with Crippen molar-refractivity contribution in [2.75, 3.05) is 0 Å². The van der Waals surface area contributed by atoms with Gasteiger partial charge in [0, 0.05) is 16.1 Å². The van der Waals surface area contributed by atoms with E-state index >= 15 is 0 Å². The fraction of sp³-hybridized carbons (Fsp3) is 0. The maximum Gasteiger partial charge on any atom is 0.147 e. The van der Waals surface area contributed by atoms with E-state index in [1.165, 1.54) is 11.3 Å². The van der Waals surface area contributed by atoms with Crippen LogP contribution in [0.1, 0.15) is 5.56 Å². The van der Waals surface area contributed by atoms with Crippen LogP contribution in [0, 0.1) is 0 Å². The van der Waals surface area contributed by atoms with Gasteiger partial charge >= 0.3 is 0 Å². The lowest BCUT2D eigenvalue weighted by Gasteiger charge is -2.01. The molecule has 0 saturated heterocycles. The zero-order valence-electron chi connectivity index (χ0n) is 13.6. The minimum atomic E-state index is 0.447. The molecule has 0 unspecified atom stereocenters. The average molecular weight is 396 g/mol. The van der Waals surface area contributed by atoms with Gasteiger partial charge in [-0.25, -0.2) is 9.98 Å². The Morgan fingerprint density at radius 3 is 2.42 bits per heavy atom. The van der Waals surface area contributed by atoms with Crippen molar-refractivity contribution < 1.29 is 0 Å². The highest BCUT2D eigenvalue weighted by Crippen LogP contribution is 2.41. The minimum Gasteiger partial charge on any atom is -0.383 e. The van der Waals surface area contributed by atoms with Gasteiger partial charge in [0.2, 0.25) is 0 Å². The molecule has 4 rings (SSSR count). The first kappa shape index (κ1) is 17.0. The number of hydrogen-bond acceptors (Lipinski definition) is 4. The molecule has 4 aromatic rings. The van der Waals surface area contributed by atoms with E-state index in [1.54, 1.807) is 11.3 Å². The van der Waals surface area contributed by atoms with Crippen LogP contribution in [0.3, 0.4) is 0 Å². The summed E-state index contributed by atoms with van der Waals surface area (Å²) >= 11 is 9.13. The quantitative estimate of drug-likeness (QED) is 0.329. The molecule has 0 aliphatic carbocycles. The van der Waals surface area contributed by atoms with Crippen molar-refractivity contribution in [1.82, 2.24) is 4.98 Å². The predicted octanol–water partition coefficient (Wildman–Crippen LogP) is 6.23. The van der Waals surface area contributed by atoms with Crippen LogP contribution in [-0.2, 0) is 0 Å². The Balaban J connectivity index is 1.80. The Bertz CT molecular complexity index is 1040. The molecule has 0 atom stereocenters. The third-order valence-corrected chi connectivity index (χ3v) is 5.87. The second-order valence-corrected chi connectivity index (χ2v) is 7.88. The number of thiophene rings is 1. The first-order valence-corrected chi connectivity index (χ1v) is 9.98. The van der Waals surface area contributed by atoms with Crippen molar-refractivity contribution in [2.45, 2.75) is 0 Å². The highest BCUT2D eigenvalue weighted by atomic mass is 35.5. The summed E-state index contributed by atoms with van der Waals surface area (Å²) < 4.78 is 0. The van der Waals surface area contributed by atoms with Crippen LogP contribution >= 0.6 is 34.3 Å². The van der Waals surface area contributed by atoms with Crippen molar-refractivity contribution in [1.29, 1.82) is 0 Å². The highest BCUT2D eigenvalue weighted by molar-refractivity contribution is 7.20. The summed E-state index contributed by atoms with van der Waals surface area (Å²) in [5.41, 5.74) is 9.00. The molecule has 0 radical (unpaired) electrons. The molecule has 3 nitrogen and oxygen atoms in total. The molecule has 0 aliphatic rings. The van der Waals surface area contributed by atoms with Crippen molar-refractivity contribution in [2.24, 2.45) is 10.7 Å². The molecule has 0 aliphatic heterocycles. The Morgan fingerprint density at radius 2 is 1.73 bits per heavy atom. The summed E-state index contributed by atoms with van der Waals surface area (Å²) in [4.78, 5) is 10.6. The molecule has 2 aromatic heterocycles. The van der Waals surface area contributed by atoms with E-state index in [4.69, 9.17) is 22.3 Å². The molecule has 0 amide bonds. The lowest BCUT2D eigenvalue weighted by atomic mass is 10.2. The molecule has 6 heteroatoms. The second kappa shape index (κ2) is 7.41. The third kappa shape index (κ3) is 3.55. The Hall–Kier alpha value is -2.47. The third-order valence-electron chi connectivity index (χ3n) is 3.75. The fourth-order valence-electron chi connectivity index (χ4n) is 2.46. The normalized spacial score (nSPS) is 11.7. The van der Waals surface area contributed by atoms with Gasteiger partial charge in [-0.1, -0.05) is 59.3 Å². The topological polar surface area (TPSA) is 51.3 Å². The van der Waals surface area contributed by atoms with Crippen LogP contribution in [0.15, 0.2) is 77.1 Å². The summed E-state index contributed by atoms with van der Waals surface area (Å²) in [5.74, 6) is 0.447. The average Bonchev–Trinajstić information content (AvgIpc) is 3.32. The van der Waals surface area contributed by atoms with Crippen LogP contribution in [0.5, 0.6) is 0 Å². The maximum absolute atomic E-state index is 6.24. The summed E-state index contributed by atoms with van der Waals surface area (Å²) in [6, 6.07) is 21.5. The van der Waals surface area contributed by atoms with Crippen molar-refractivity contribution in [3.8, 4) is 21.1 Å². The number of nitrogens with two attached hydrogens (primary N) is 1. The first-order valence-electron chi connectivity index (χ1n) is 7.91. The number of rotatable bonds is 4. The van der Waals surface area contributed by atoms with E-state index in [1.807, 2.05) is 72.1 Å². The molecular weight excluding hydrogens is 382 g/mol. The van der Waals surface area contributed by atoms with E-state index in [9.17, 15) is 0 Å². The maximum atomic E-state index is 6.24. The molecule has 2 aromatic carbocycles. The number of hydrogen-bond donors (Lipinski definition) is 1. The van der Waals surface area contributed by atoms with Crippen molar-refractivity contribution >= 4 is 45.1 Å². The van der Waals surface area contributed by atoms with Gasteiger partial charge in [-0.05, 0) is 35.7 Å². The van der Waals surface area contributed by atoms with Gasteiger partial charge < -0.3 is 5.73 Å². The molecule has 0 saturated carbocycles. The van der Waals surface area contributed by atoms with Gasteiger partial charge in [-0.3, -0.25) is 0 Å². The number of benzene rings is 2. The minimum absolute atomic E-state index is 0.447. The smallest absolute Gasteiger partial charge is 0.147 e. The predicted molar refractivity (Wildman–Crippen MR) is 113 cm³/mol. The summed E-state index contributed by atoms with van der Waals surface area (Å²) in [5, 5.41) is 4.44. The van der Waals surface area contributed by atoms with Gasteiger partial charge in [0.1, 0.15) is 21.5 Å². The van der Waals surface area contributed by atoms with Crippen LogP contribution in [0.2, 0.25) is 5.02 Å². The van der Waals surface area contributed by atoms with Crippen molar-refractivity contribution in [3.05, 3.63) is 82.7 Å². The van der Waals surface area contributed by atoms with Crippen molar-refractivity contribution in [3.63, 3.8) is 0 Å². The zero-order chi connectivity index (χ0) is 17.9. The number of halogens is 1. The monoisotopic (exact) mass is 395 g/mol. The molecule has 0 bridgehead atoms. The number of aromatic nitrogens is 1. The molecule has 0 spiro atoms. The molecule has 26 heavy (non-hydrogen) atoms. The molecule has 128 valence electrons. The van der Waals surface area contributed by atoms with Crippen LogP contribution in [-0.4, -0.2) is 10.8 Å². The molecular formula is C20H14ClN3S2. The summed E-state index contributed by atoms with van der Waals surface area (Å²) in [7, 11) is 0. The Labute approximate surface area is 164 Å². The molecule has 0 fully saturated rings. The number of nitrogens with zero attached hydrogens (tertiary/aromatic N) is 2. The van der Waals surface area contributed by atoms with Crippen LogP contribution < -0.4 is 5.73 Å². The zero-order valence-corrected chi connectivity index (χ0v) is 16.0. The lowest BCUT2D eigenvalue weighted by molar-refractivity contribution is 1.40. The summed E-state index contributed by atoms with van der Waals surface area (Å²) in [6.45, 7) is 0. The number of thiazole rings is 1. The van der Waals surface area contributed by atoms with Crippen LogP contribution in [0.4, 0.5) is 5.00 Å². The second-order valence-electron chi connectivity index (χ2n) is 5.52. The van der Waals surface area contributed by atoms with Crippen LogP contribution in [0.25, 0.3) is 21.1 Å². The van der Waals surface area contributed by atoms with E-state index in [0.717, 1.165) is 31.7 Å². The van der Waals surface area contributed by atoms with Gasteiger partial charge in [0.15, 0.2) is 0 Å². The van der Waals surface area contributed by atoms with E-state index in [0.29, 0.717) is 10.9 Å². The molecule has 2 N–H and O–H groups in total. The largest absolute Gasteiger partial charge is 0.383 e. The SMILES string of the molecule is N/C(=N\c1sc(-c2ccccc2)nc1-c1cccs1)c1ccc(Cl)cc1. The standard InChI is InChI=1S/C20H14ClN3S2/c21-15-10-8-13(9-11-15)18(22)24-20-17(16-7-4-12-25-16)23-19(26-20)14-5-2-1-3-6-14/h1-12H,(H2,22,24). The Kier molecular flexibility index (Phi) is 4.84. The van der Waals surface area contributed by atoms with E-state index in [-0.39, 0.29) is 0 Å². The summed E-state index contributed by atoms with van der Waals surface area (Å²) in [6.07, 6.45) is 0. The number of aliphatic imine (C=N–C) groups is 1. The van der Waals surface area contributed by atoms with Gasteiger partial charge in [-0.15, -0.1) is 11.3 Å². The van der Waals surface area contributed by atoms with E-state index < -0.39 is 0 Å². The van der Waals surface area contributed by atoms with E-state index in [2.05, 4.69) is 4.99 Å². The van der Waals surface area contributed by atoms with Gasteiger partial charge in [0.25, 0.3) is 0 Å². The lowest BCUT2D eigenvalue weighted by Crippen LogP contribution is -2.12. The van der Waals surface area contributed by atoms with Gasteiger partial charge in [-0.2, -0.15) is 0 Å². The first-order chi connectivity index (χ1) is 12.7. The fourth-order valence-corrected chi connectivity index (χ4v) is 4.34. The number of amidine groups is 1. The Morgan fingerprint density at radius 1 is 0.962 bits per heavy atom.